The van der Waals surface area contributed by atoms with Gasteiger partial charge in [-0.3, -0.25) is 9.69 Å². The van der Waals surface area contributed by atoms with Gasteiger partial charge >= 0.3 is 6.09 Å². The Hall–Kier alpha value is -2.09. The van der Waals surface area contributed by atoms with E-state index < -0.39 is 15.9 Å². The SMILES string of the molecule is CN(C(=O)OCCS(C)(=O)=O)c1ccc(C(=O)NC(C)(C)C)cc1. The van der Waals surface area contributed by atoms with Crippen LogP contribution in [0.3, 0.4) is 0 Å². The molecule has 0 atom stereocenters. The van der Waals surface area contributed by atoms with E-state index in [1.165, 1.54) is 11.9 Å². The molecule has 0 fully saturated rings. The van der Waals surface area contributed by atoms with E-state index in [-0.39, 0.29) is 23.8 Å². The van der Waals surface area contributed by atoms with Crippen molar-refractivity contribution < 1.29 is 22.7 Å². The van der Waals surface area contributed by atoms with E-state index in [4.69, 9.17) is 4.74 Å². The minimum absolute atomic E-state index is 0.200. The number of carbonyl (C=O) groups is 2. The molecule has 0 aliphatic carbocycles. The lowest BCUT2D eigenvalue weighted by Gasteiger charge is -2.21. The van der Waals surface area contributed by atoms with E-state index in [9.17, 15) is 18.0 Å². The highest BCUT2D eigenvalue weighted by Gasteiger charge is 2.17. The smallest absolute Gasteiger partial charge is 0.414 e. The normalized spacial score (nSPS) is 11.7. The zero-order valence-electron chi connectivity index (χ0n) is 14.6. The predicted molar refractivity (Wildman–Crippen MR) is 93.1 cm³/mol. The molecule has 2 amide bonds. The fourth-order valence-corrected chi connectivity index (χ4v) is 2.12. The third kappa shape index (κ3) is 6.99. The lowest BCUT2D eigenvalue weighted by molar-refractivity contribution is 0.0919. The number of hydrogen-bond acceptors (Lipinski definition) is 5. The summed E-state index contributed by atoms with van der Waals surface area (Å²) in [6.45, 7) is 5.47. The van der Waals surface area contributed by atoms with E-state index >= 15 is 0 Å². The van der Waals surface area contributed by atoms with Gasteiger partial charge in [0.2, 0.25) is 0 Å². The lowest BCUT2D eigenvalue weighted by atomic mass is 10.1. The van der Waals surface area contributed by atoms with Gasteiger partial charge < -0.3 is 10.1 Å². The van der Waals surface area contributed by atoms with Gasteiger partial charge in [-0.2, -0.15) is 0 Å². The topological polar surface area (TPSA) is 92.8 Å². The summed E-state index contributed by atoms with van der Waals surface area (Å²) in [6, 6.07) is 6.46. The van der Waals surface area contributed by atoms with E-state index in [0.29, 0.717) is 11.3 Å². The summed E-state index contributed by atoms with van der Waals surface area (Å²) in [5.41, 5.74) is 0.676. The molecule has 0 unspecified atom stereocenters. The first-order valence-electron chi connectivity index (χ1n) is 7.40. The summed E-state index contributed by atoms with van der Waals surface area (Å²) in [4.78, 5) is 25.1. The molecule has 1 N–H and O–H groups in total. The van der Waals surface area contributed by atoms with Gasteiger partial charge in [-0.25, -0.2) is 13.2 Å². The number of hydrogen-bond donors (Lipinski definition) is 1. The Morgan fingerprint density at radius 3 is 2.17 bits per heavy atom. The summed E-state index contributed by atoms with van der Waals surface area (Å²) in [5.74, 6) is -0.425. The highest BCUT2D eigenvalue weighted by molar-refractivity contribution is 7.90. The average Bonchev–Trinajstić information content (AvgIpc) is 2.43. The van der Waals surface area contributed by atoms with Gasteiger partial charge in [-0.05, 0) is 45.0 Å². The van der Waals surface area contributed by atoms with Crippen LogP contribution in [0.2, 0.25) is 0 Å². The summed E-state index contributed by atoms with van der Waals surface area (Å²) in [7, 11) is -1.67. The zero-order chi connectivity index (χ0) is 18.5. The van der Waals surface area contributed by atoms with Gasteiger partial charge in [0.1, 0.15) is 6.61 Å². The van der Waals surface area contributed by atoms with Crippen LogP contribution in [0.1, 0.15) is 31.1 Å². The number of ether oxygens (including phenoxy) is 1. The lowest BCUT2D eigenvalue weighted by Crippen LogP contribution is -2.40. The molecule has 0 heterocycles. The second kappa shape index (κ2) is 7.65. The second-order valence-corrected chi connectivity index (χ2v) is 8.81. The van der Waals surface area contributed by atoms with Crippen molar-refractivity contribution in [2.75, 3.05) is 30.6 Å². The molecule has 24 heavy (non-hydrogen) atoms. The summed E-state index contributed by atoms with van der Waals surface area (Å²) in [6.07, 6.45) is 0.414. The quantitative estimate of drug-likeness (QED) is 0.869. The maximum atomic E-state index is 12.0. The molecule has 0 radical (unpaired) electrons. The molecule has 0 aliphatic heterocycles. The molecule has 134 valence electrons. The van der Waals surface area contributed by atoms with Crippen molar-refractivity contribution >= 4 is 27.5 Å². The standard InChI is InChI=1S/C16H24N2O5S/c1-16(2,3)17-14(19)12-6-8-13(9-7-12)18(4)15(20)23-10-11-24(5,21)22/h6-9H,10-11H2,1-5H3,(H,17,19). The molecular weight excluding hydrogens is 332 g/mol. The van der Waals surface area contributed by atoms with E-state index in [1.807, 2.05) is 20.8 Å². The summed E-state index contributed by atoms with van der Waals surface area (Å²) < 4.78 is 26.9. The summed E-state index contributed by atoms with van der Waals surface area (Å²) in [5, 5.41) is 2.85. The average molecular weight is 356 g/mol. The molecule has 1 aromatic carbocycles. The Balaban J connectivity index is 2.67. The molecular formula is C16H24N2O5S. The predicted octanol–water partition coefficient (Wildman–Crippen LogP) is 1.83. The van der Waals surface area contributed by atoms with Crippen LogP contribution in [0, 0.1) is 0 Å². The Morgan fingerprint density at radius 2 is 1.71 bits per heavy atom. The van der Waals surface area contributed by atoms with Crippen LogP contribution in [-0.4, -0.2) is 51.6 Å². The molecule has 0 saturated heterocycles. The minimum Gasteiger partial charge on any atom is -0.448 e. The number of rotatable bonds is 5. The van der Waals surface area contributed by atoms with Gasteiger partial charge in [0.25, 0.3) is 5.91 Å². The van der Waals surface area contributed by atoms with Gasteiger partial charge in [0, 0.05) is 30.1 Å². The van der Waals surface area contributed by atoms with Crippen LogP contribution in [0.4, 0.5) is 10.5 Å². The Kier molecular flexibility index (Phi) is 6.36. The third-order valence-electron chi connectivity index (χ3n) is 2.96. The number of anilines is 1. The molecule has 7 nitrogen and oxygen atoms in total. The monoisotopic (exact) mass is 356 g/mol. The molecule has 0 spiro atoms. The Labute approximate surface area is 142 Å². The van der Waals surface area contributed by atoms with E-state index in [0.717, 1.165) is 6.26 Å². The number of carbonyl (C=O) groups excluding carboxylic acids is 2. The van der Waals surface area contributed by atoms with Crippen LogP contribution >= 0.6 is 0 Å². The molecule has 0 aliphatic rings. The number of sulfone groups is 1. The van der Waals surface area contributed by atoms with E-state index in [1.54, 1.807) is 24.3 Å². The fraction of sp³-hybridized carbons (Fsp3) is 0.500. The third-order valence-corrected chi connectivity index (χ3v) is 3.87. The van der Waals surface area contributed by atoms with Gasteiger partial charge in [0.05, 0.1) is 5.75 Å². The Bertz CT molecular complexity index is 690. The maximum absolute atomic E-state index is 12.0. The highest BCUT2D eigenvalue weighted by Crippen LogP contribution is 2.15. The number of benzene rings is 1. The first-order chi connectivity index (χ1) is 10.9. The molecule has 1 aromatic rings. The second-order valence-electron chi connectivity index (χ2n) is 6.55. The van der Waals surface area contributed by atoms with Gasteiger partial charge in [0.15, 0.2) is 9.84 Å². The van der Waals surface area contributed by atoms with Crippen LogP contribution in [-0.2, 0) is 14.6 Å². The van der Waals surface area contributed by atoms with Crippen LogP contribution in [0.15, 0.2) is 24.3 Å². The maximum Gasteiger partial charge on any atom is 0.414 e. The summed E-state index contributed by atoms with van der Waals surface area (Å²) >= 11 is 0. The van der Waals surface area contributed by atoms with Crippen molar-refractivity contribution in [2.45, 2.75) is 26.3 Å². The molecule has 0 bridgehead atoms. The van der Waals surface area contributed by atoms with Crippen LogP contribution in [0.25, 0.3) is 0 Å². The van der Waals surface area contributed by atoms with Crippen molar-refractivity contribution in [3.8, 4) is 0 Å². The van der Waals surface area contributed by atoms with Gasteiger partial charge in [-0.15, -0.1) is 0 Å². The molecule has 0 aromatic heterocycles. The number of nitrogens with one attached hydrogen (secondary N) is 1. The van der Waals surface area contributed by atoms with Crippen molar-refractivity contribution in [3.05, 3.63) is 29.8 Å². The van der Waals surface area contributed by atoms with Crippen molar-refractivity contribution in [3.63, 3.8) is 0 Å². The minimum atomic E-state index is -3.18. The first kappa shape index (κ1) is 20.0. The van der Waals surface area contributed by atoms with Crippen molar-refractivity contribution in [1.29, 1.82) is 0 Å². The Morgan fingerprint density at radius 1 is 1.17 bits per heavy atom. The number of nitrogens with zero attached hydrogens (tertiary/aromatic N) is 1. The van der Waals surface area contributed by atoms with Crippen molar-refractivity contribution in [2.24, 2.45) is 0 Å². The fourth-order valence-electron chi connectivity index (χ4n) is 1.73. The van der Waals surface area contributed by atoms with Crippen LogP contribution in [0.5, 0.6) is 0 Å². The van der Waals surface area contributed by atoms with E-state index in [2.05, 4.69) is 5.32 Å². The molecule has 1 rings (SSSR count). The highest BCUT2D eigenvalue weighted by atomic mass is 32.2. The van der Waals surface area contributed by atoms with Gasteiger partial charge in [-0.1, -0.05) is 0 Å². The number of amides is 2. The molecule has 0 saturated carbocycles. The first-order valence-corrected chi connectivity index (χ1v) is 9.46. The van der Waals surface area contributed by atoms with Crippen LogP contribution < -0.4 is 10.2 Å². The largest absolute Gasteiger partial charge is 0.448 e. The zero-order valence-corrected chi connectivity index (χ0v) is 15.4. The molecule has 8 heteroatoms. The van der Waals surface area contributed by atoms with Crippen molar-refractivity contribution in [1.82, 2.24) is 5.32 Å².